The Morgan fingerprint density at radius 1 is 1.19 bits per heavy atom. The highest BCUT2D eigenvalue weighted by molar-refractivity contribution is 7.92. The second-order valence-corrected chi connectivity index (χ2v) is 7.24. The van der Waals surface area contributed by atoms with Gasteiger partial charge in [0.25, 0.3) is 10.0 Å². The second-order valence-electron chi connectivity index (χ2n) is 5.56. The van der Waals surface area contributed by atoms with Gasteiger partial charge in [-0.1, -0.05) is 17.7 Å². The van der Waals surface area contributed by atoms with E-state index in [2.05, 4.69) is 9.82 Å². The van der Waals surface area contributed by atoms with Crippen LogP contribution in [0.4, 0.5) is 10.1 Å². The monoisotopic (exact) mass is 375 g/mol. The van der Waals surface area contributed by atoms with Crippen molar-refractivity contribution in [3.63, 3.8) is 0 Å². The number of hydrogen-bond acceptors (Lipinski definition) is 4. The van der Waals surface area contributed by atoms with Gasteiger partial charge < -0.3 is 5.11 Å². The fourth-order valence-corrected chi connectivity index (χ4v) is 3.21. The molecule has 7 nitrogen and oxygen atoms in total. The molecule has 0 spiro atoms. The topological polar surface area (TPSA) is 101 Å². The van der Waals surface area contributed by atoms with E-state index in [9.17, 15) is 17.6 Å². The molecule has 0 aliphatic heterocycles. The number of anilines is 1. The fourth-order valence-electron chi connectivity index (χ4n) is 2.22. The number of carboxylic acid groups (broad SMARTS) is 1. The van der Waals surface area contributed by atoms with Crippen LogP contribution >= 0.6 is 0 Å². The van der Waals surface area contributed by atoms with Gasteiger partial charge in [-0.25, -0.2) is 22.3 Å². The predicted molar refractivity (Wildman–Crippen MR) is 92.5 cm³/mol. The van der Waals surface area contributed by atoms with Crippen LogP contribution in [0, 0.1) is 12.7 Å². The molecule has 0 saturated carbocycles. The van der Waals surface area contributed by atoms with Crippen molar-refractivity contribution in [3.8, 4) is 5.69 Å². The summed E-state index contributed by atoms with van der Waals surface area (Å²) in [6, 6.07) is 10.1. The Bertz CT molecular complexity index is 1080. The van der Waals surface area contributed by atoms with Crippen LogP contribution in [0.3, 0.4) is 0 Å². The zero-order valence-corrected chi connectivity index (χ0v) is 14.4. The first kappa shape index (κ1) is 17.6. The number of aromatic nitrogens is 2. The number of halogens is 1. The Morgan fingerprint density at radius 2 is 1.88 bits per heavy atom. The molecule has 2 N–H and O–H groups in total. The van der Waals surface area contributed by atoms with Crippen molar-refractivity contribution >= 4 is 21.7 Å². The number of nitrogens with zero attached hydrogens (tertiary/aromatic N) is 2. The van der Waals surface area contributed by atoms with E-state index in [1.54, 1.807) is 12.1 Å². The lowest BCUT2D eigenvalue weighted by Crippen LogP contribution is -2.14. The minimum atomic E-state index is -4.14. The molecule has 0 fully saturated rings. The summed E-state index contributed by atoms with van der Waals surface area (Å²) in [6.45, 7) is 1.92. The molecule has 0 amide bonds. The molecule has 1 heterocycles. The van der Waals surface area contributed by atoms with E-state index in [-0.39, 0.29) is 10.5 Å². The van der Waals surface area contributed by atoms with E-state index < -0.39 is 27.5 Å². The third-order valence-electron chi connectivity index (χ3n) is 3.63. The normalized spacial score (nSPS) is 11.3. The average molecular weight is 375 g/mol. The smallest absolute Gasteiger partial charge is 0.335 e. The molecule has 0 saturated heterocycles. The number of sulfonamides is 1. The minimum Gasteiger partial charge on any atom is -0.478 e. The molecule has 0 radical (unpaired) electrons. The largest absolute Gasteiger partial charge is 0.478 e. The van der Waals surface area contributed by atoms with Crippen LogP contribution in [0.5, 0.6) is 0 Å². The highest BCUT2D eigenvalue weighted by Crippen LogP contribution is 2.21. The Kier molecular flexibility index (Phi) is 4.47. The van der Waals surface area contributed by atoms with Gasteiger partial charge in [-0.15, -0.1) is 0 Å². The van der Waals surface area contributed by atoms with Gasteiger partial charge in [0.05, 0.1) is 29.3 Å². The summed E-state index contributed by atoms with van der Waals surface area (Å²) in [5.41, 5.74) is 1.02. The van der Waals surface area contributed by atoms with Crippen molar-refractivity contribution in [3.05, 3.63) is 71.8 Å². The molecule has 26 heavy (non-hydrogen) atoms. The number of carbonyl (C=O) groups is 1. The van der Waals surface area contributed by atoms with Crippen LogP contribution in [0.25, 0.3) is 5.69 Å². The summed E-state index contributed by atoms with van der Waals surface area (Å²) in [6.07, 6.45) is 2.41. The summed E-state index contributed by atoms with van der Waals surface area (Å²) in [4.78, 5) is 10.8. The molecule has 3 rings (SSSR count). The summed E-state index contributed by atoms with van der Waals surface area (Å²) in [5.74, 6) is -2.18. The van der Waals surface area contributed by atoms with Gasteiger partial charge in [-0.3, -0.25) is 4.72 Å². The Labute approximate surface area is 148 Å². The molecule has 9 heteroatoms. The van der Waals surface area contributed by atoms with Gasteiger partial charge in [0.15, 0.2) is 0 Å². The van der Waals surface area contributed by atoms with Gasteiger partial charge in [-0.05, 0) is 37.3 Å². The third kappa shape index (κ3) is 3.57. The lowest BCUT2D eigenvalue weighted by atomic mass is 10.2. The highest BCUT2D eigenvalue weighted by Gasteiger charge is 2.20. The van der Waals surface area contributed by atoms with E-state index in [4.69, 9.17) is 5.11 Å². The standard InChI is InChI=1S/C17H14FN3O4S/c1-11-2-5-13(6-3-11)21-10-14(9-19-21)26(24,25)20-16-8-12(17(22)23)4-7-15(16)18/h2-10,20H,1H3,(H,22,23). The summed E-state index contributed by atoms with van der Waals surface area (Å²) in [5, 5.41) is 13.0. The first-order valence-corrected chi connectivity index (χ1v) is 8.92. The van der Waals surface area contributed by atoms with Gasteiger partial charge >= 0.3 is 5.97 Å². The third-order valence-corrected chi connectivity index (χ3v) is 4.95. The Morgan fingerprint density at radius 3 is 2.54 bits per heavy atom. The van der Waals surface area contributed by atoms with Crippen molar-refractivity contribution in [2.45, 2.75) is 11.8 Å². The molecule has 134 valence electrons. The molecule has 0 bridgehead atoms. The quantitative estimate of drug-likeness (QED) is 0.714. The van der Waals surface area contributed by atoms with Crippen molar-refractivity contribution in [1.82, 2.24) is 9.78 Å². The molecule has 0 aliphatic carbocycles. The Balaban J connectivity index is 1.91. The summed E-state index contributed by atoms with van der Waals surface area (Å²) < 4.78 is 42.2. The van der Waals surface area contributed by atoms with Gasteiger partial charge in [0, 0.05) is 0 Å². The zero-order chi connectivity index (χ0) is 18.9. The minimum absolute atomic E-state index is 0.182. The number of rotatable bonds is 5. The van der Waals surface area contributed by atoms with E-state index in [0.29, 0.717) is 5.69 Å². The van der Waals surface area contributed by atoms with E-state index in [0.717, 1.165) is 30.0 Å². The summed E-state index contributed by atoms with van der Waals surface area (Å²) >= 11 is 0. The first-order chi connectivity index (χ1) is 12.3. The molecule has 3 aromatic rings. The first-order valence-electron chi connectivity index (χ1n) is 7.44. The van der Waals surface area contributed by atoms with E-state index >= 15 is 0 Å². The van der Waals surface area contributed by atoms with Crippen LogP contribution in [-0.2, 0) is 10.0 Å². The van der Waals surface area contributed by atoms with Crippen LogP contribution < -0.4 is 4.72 Å². The molecule has 0 atom stereocenters. The average Bonchev–Trinajstić information content (AvgIpc) is 3.08. The number of carboxylic acids is 1. The SMILES string of the molecule is Cc1ccc(-n2cc(S(=O)(=O)Nc3cc(C(=O)O)ccc3F)cn2)cc1. The molecule has 0 aliphatic rings. The summed E-state index contributed by atoms with van der Waals surface area (Å²) in [7, 11) is -4.14. The highest BCUT2D eigenvalue weighted by atomic mass is 32.2. The molecule has 0 unspecified atom stereocenters. The number of aromatic carboxylic acids is 1. The zero-order valence-electron chi connectivity index (χ0n) is 13.5. The van der Waals surface area contributed by atoms with Gasteiger partial charge in [0.2, 0.25) is 0 Å². The van der Waals surface area contributed by atoms with Crippen LogP contribution in [0.1, 0.15) is 15.9 Å². The number of aryl methyl sites for hydroxylation is 1. The lowest BCUT2D eigenvalue weighted by Gasteiger charge is -2.08. The number of hydrogen-bond donors (Lipinski definition) is 2. The maximum absolute atomic E-state index is 13.8. The second kappa shape index (κ2) is 6.60. The predicted octanol–water partition coefficient (Wildman–Crippen LogP) is 2.82. The maximum atomic E-state index is 13.8. The van der Waals surface area contributed by atoms with Crippen LogP contribution in [-0.4, -0.2) is 29.3 Å². The van der Waals surface area contributed by atoms with Crippen LogP contribution in [0.15, 0.2) is 59.8 Å². The lowest BCUT2D eigenvalue weighted by molar-refractivity contribution is 0.0697. The van der Waals surface area contributed by atoms with Crippen molar-refractivity contribution in [1.29, 1.82) is 0 Å². The van der Waals surface area contributed by atoms with Crippen molar-refractivity contribution in [2.75, 3.05) is 4.72 Å². The molecule has 1 aromatic heterocycles. The number of benzene rings is 2. The van der Waals surface area contributed by atoms with Gasteiger partial charge in [-0.2, -0.15) is 5.10 Å². The van der Waals surface area contributed by atoms with E-state index in [1.807, 2.05) is 19.1 Å². The molecular weight excluding hydrogens is 361 g/mol. The fraction of sp³-hybridized carbons (Fsp3) is 0.0588. The maximum Gasteiger partial charge on any atom is 0.335 e. The van der Waals surface area contributed by atoms with Crippen molar-refractivity contribution < 1.29 is 22.7 Å². The number of nitrogens with one attached hydrogen (secondary N) is 1. The van der Waals surface area contributed by atoms with Gasteiger partial charge in [0.1, 0.15) is 10.7 Å². The molecular formula is C17H14FN3O4S. The van der Waals surface area contributed by atoms with Crippen LogP contribution in [0.2, 0.25) is 0 Å². The molecule has 2 aromatic carbocycles. The van der Waals surface area contributed by atoms with Crippen molar-refractivity contribution in [2.24, 2.45) is 0 Å². The Hall–Kier alpha value is -3.20. The van der Waals surface area contributed by atoms with E-state index in [1.165, 1.54) is 10.9 Å².